The van der Waals surface area contributed by atoms with Gasteiger partial charge in [-0.2, -0.15) is 0 Å². The van der Waals surface area contributed by atoms with Crippen molar-refractivity contribution >= 4 is 11.7 Å². The third-order valence-corrected chi connectivity index (χ3v) is 3.39. The van der Waals surface area contributed by atoms with E-state index in [9.17, 15) is 4.79 Å². The van der Waals surface area contributed by atoms with Gasteiger partial charge in [-0.15, -0.1) is 0 Å². The molecule has 0 aromatic rings. The molecule has 0 aliphatic heterocycles. The van der Waals surface area contributed by atoms with E-state index in [1.165, 1.54) is 19.3 Å². The van der Waals surface area contributed by atoms with Gasteiger partial charge in [0.25, 0.3) is 0 Å². The monoisotopic (exact) mass is 255 g/mol. The predicted molar refractivity (Wildman–Crippen MR) is 71.4 cm³/mol. The molecule has 104 valence electrons. The van der Waals surface area contributed by atoms with E-state index < -0.39 is 0 Å². The standard InChI is InChI=1S/C13H25N3O2/c1-10(2)9-16(7-6-12(14)15-18)13(17)8-11-4-3-5-11/h10-11,18H,3-9H2,1-2H3,(H2,14,15). The van der Waals surface area contributed by atoms with Crippen LogP contribution in [0.3, 0.4) is 0 Å². The maximum atomic E-state index is 12.2. The van der Waals surface area contributed by atoms with Gasteiger partial charge in [0.2, 0.25) is 5.91 Å². The summed E-state index contributed by atoms with van der Waals surface area (Å²) in [6.45, 7) is 5.46. The molecule has 0 heterocycles. The number of nitrogens with two attached hydrogens (primary N) is 1. The minimum Gasteiger partial charge on any atom is -0.409 e. The fraction of sp³-hybridized carbons (Fsp3) is 0.846. The summed E-state index contributed by atoms with van der Waals surface area (Å²) < 4.78 is 0. The molecule has 0 bridgehead atoms. The minimum absolute atomic E-state index is 0.181. The summed E-state index contributed by atoms with van der Waals surface area (Å²) in [4.78, 5) is 14.0. The Labute approximate surface area is 109 Å². The Balaban J connectivity index is 2.44. The molecule has 1 rings (SSSR count). The molecule has 1 fully saturated rings. The summed E-state index contributed by atoms with van der Waals surface area (Å²) >= 11 is 0. The van der Waals surface area contributed by atoms with Crippen LogP contribution in [-0.4, -0.2) is 34.9 Å². The number of carbonyl (C=O) groups excluding carboxylic acids is 1. The number of amidine groups is 1. The predicted octanol–water partition coefficient (Wildman–Crippen LogP) is 1.80. The number of amides is 1. The van der Waals surface area contributed by atoms with Gasteiger partial charge in [0.15, 0.2) is 0 Å². The van der Waals surface area contributed by atoms with Crippen LogP contribution in [0.4, 0.5) is 0 Å². The van der Waals surface area contributed by atoms with E-state index in [4.69, 9.17) is 10.9 Å². The smallest absolute Gasteiger partial charge is 0.222 e. The Morgan fingerprint density at radius 2 is 2.17 bits per heavy atom. The van der Waals surface area contributed by atoms with E-state index in [-0.39, 0.29) is 11.7 Å². The molecule has 1 aliphatic carbocycles. The fourth-order valence-electron chi connectivity index (χ4n) is 2.13. The van der Waals surface area contributed by atoms with Crippen LogP contribution in [0.1, 0.15) is 46.0 Å². The Hall–Kier alpha value is -1.26. The normalized spacial score (nSPS) is 16.7. The van der Waals surface area contributed by atoms with Crippen LogP contribution in [0, 0.1) is 11.8 Å². The van der Waals surface area contributed by atoms with Crippen molar-refractivity contribution in [2.75, 3.05) is 13.1 Å². The highest BCUT2D eigenvalue weighted by molar-refractivity contribution is 5.81. The number of carbonyl (C=O) groups is 1. The highest BCUT2D eigenvalue weighted by Crippen LogP contribution is 2.29. The van der Waals surface area contributed by atoms with Crippen molar-refractivity contribution < 1.29 is 10.0 Å². The molecular weight excluding hydrogens is 230 g/mol. The highest BCUT2D eigenvalue weighted by Gasteiger charge is 2.24. The lowest BCUT2D eigenvalue weighted by atomic mass is 9.82. The lowest BCUT2D eigenvalue weighted by Gasteiger charge is -2.30. The third kappa shape index (κ3) is 4.94. The Morgan fingerprint density at radius 3 is 2.61 bits per heavy atom. The Kier molecular flexibility index (Phi) is 5.95. The van der Waals surface area contributed by atoms with E-state index in [0.717, 1.165) is 6.54 Å². The molecule has 1 saturated carbocycles. The maximum Gasteiger partial charge on any atom is 0.222 e. The molecular formula is C13H25N3O2. The van der Waals surface area contributed by atoms with Gasteiger partial charge in [-0.1, -0.05) is 25.4 Å². The molecule has 18 heavy (non-hydrogen) atoms. The number of nitrogens with zero attached hydrogens (tertiary/aromatic N) is 2. The van der Waals surface area contributed by atoms with Crippen LogP contribution in [0.5, 0.6) is 0 Å². The molecule has 0 atom stereocenters. The quantitative estimate of drug-likeness (QED) is 0.315. The number of hydrogen-bond donors (Lipinski definition) is 2. The van der Waals surface area contributed by atoms with Gasteiger partial charge in [-0.25, -0.2) is 0 Å². The minimum atomic E-state index is 0.181. The van der Waals surface area contributed by atoms with Gasteiger partial charge >= 0.3 is 0 Å². The van der Waals surface area contributed by atoms with Crippen LogP contribution >= 0.6 is 0 Å². The summed E-state index contributed by atoms with van der Waals surface area (Å²) in [5, 5.41) is 11.5. The third-order valence-electron chi connectivity index (χ3n) is 3.39. The highest BCUT2D eigenvalue weighted by atomic mass is 16.4. The van der Waals surface area contributed by atoms with Gasteiger partial charge in [0, 0.05) is 25.9 Å². The van der Waals surface area contributed by atoms with Crippen molar-refractivity contribution in [1.29, 1.82) is 0 Å². The molecule has 0 aromatic heterocycles. The van der Waals surface area contributed by atoms with E-state index in [2.05, 4.69) is 19.0 Å². The molecule has 5 nitrogen and oxygen atoms in total. The molecule has 5 heteroatoms. The number of rotatable bonds is 7. The zero-order valence-corrected chi connectivity index (χ0v) is 11.4. The second-order valence-electron chi connectivity index (χ2n) is 5.58. The average molecular weight is 255 g/mol. The van der Waals surface area contributed by atoms with Crippen molar-refractivity contribution in [2.24, 2.45) is 22.7 Å². The van der Waals surface area contributed by atoms with Crippen molar-refractivity contribution in [3.63, 3.8) is 0 Å². The van der Waals surface area contributed by atoms with Crippen LogP contribution in [0.15, 0.2) is 5.16 Å². The molecule has 0 aromatic carbocycles. The lowest BCUT2D eigenvalue weighted by Crippen LogP contribution is -2.38. The largest absolute Gasteiger partial charge is 0.409 e. The fourth-order valence-corrected chi connectivity index (χ4v) is 2.13. The topological polar surface area (TPSA) is 78.9 Å². The molecule has 0 saturated heterocycles. The van der Waals surface area contributed by atoms with Gasteiger partial charge in [0.1, 0.15) is 5.84 Å². The first kappa shape index (κ1) is 14.8. The zero-order chi connectivity index (χ0) is 13.5. The van der Waals surface area contributed by atoms with E-state index in [1.807, 2.05) is 4.90 Å². The van der Waals surface area contributed by atoms with Crippen LogP contribution < -0.4 is 5.73 Å². The summed E-state index contributed by atoms with van der Waals surface area (Å²) in [7, 11) is 0. The Bertz CT molecular complexity index is 299. The molecule has 0 spiro atoms. The van der Waals surface area contributed by atoms with Crippen LogP contribution in [0.2, 0.25) is 0 Å². The van der Waals surface area contributed by atoms with E-state index in [0.29, 0.717) is 31.2 Å². The lowest BCUT2D eigenvalue weighted by molar-refractivity contribution is -0.133. The van der Waals surface area contributed by atoms with Crippen LogP contribution in [0.25, 0.3) is 0 Å². The Morgan fingerprint density at radius 1 is 1.50 bits per heavy atom. The van der Waals surface area contributed by atoms with E-state index in [1.54, 1.807) is 0 Å². The number of oxime groups is 1. The van der Waals surface area contributed by atoms with Crippen LogP contribution in [-0.2, 0) is 4.79 Å². The van der Waals surface area contributed by atoms with Crippen molar-refractivity contribution in [3.8, 4) is 0 Å². The van der Waals surface area contributed by atoms with Gasteiger partial charge < -0.3 is 15.8 Å². The number of hydrogen-bond acceptors (Lipinski definition) is 3. The second kappa shape index (κ2) is 7.24. The summed E-state index contributed by atoms with van der Waals surface area (Å²) in [5.74, 6) is 1.40. The first-order valence-corrected chi connectivity index (χ1v) is 6.77. The maximum absolute atomic E-state index is 12.2. The summed E-state index contributed by atoms with van der Waals surface area (Å²) in [6, 6.07) is 0. The van der Waals surface area contributed by atoms with E-state index >= 15 is 0 Å². The SMILES string of the molecule is CC(C)CN(CCC(N)=NO)C(=O)CC1CCC1. The van der Waals surface area contributed by atoms with Crippen molar-refractivity contribution in [3.05, 3.63) is 0 Å². The van der Waals surface area contributed by atoms with Crippen molar-refractivity contribution in [1.82, 2.24) is 4.90 Å². The molecule has 3 N–H and O–H groups in total. The molecule has 0 unspecified atom stereocenters. The van der Waals surface area contributed by atoms with Gasteiger partial charge in [-0.05, 0) is 24.7 Å². The zero-order valence-electron chi connectivity index (χ0n) is 11.4. The van der Waals surface area contributed by atoms with Gasteiger partial charge in [-0.3, -0.25) is 4.79 Å². The molecule has 1 aliphatic rings. The first-order valence-electron chi connectivity index (χ1n) is 6.77. The average Bonchev–Trinajstić information content (AvgIpc) is 2.27. The second-order valence-corrected chi connectivity index (χ2v) is 5.58. The van der Waals surface area contributed by atoms with Crippen molar-refractivity contribution in [2.45, 2.75) is 46.0 Å². The molecule has 0 radical (unpaired) electrons. The summed E-state index contributed by atoms with van der Waals surface area (Å²) in [6.07, 6.45) is 4.71. The summed E-state index contributed by atoms with van der Waals surface area (Å²) in [5.41, 5.74) is 5.45. The van der Waals surface area contributed by atoms with Gasteiger partial charge in [0.05, 0.1) is 0 Å². The first-order chi connectivity index (χ1) is 8.52. The molecule has 1 amide bonds.